The molecule has 0 aliphatic carbocycles. The molecular formula is C16H26N2O3. The van der Waals surface area contributed by atoms with Gasteiger partial charge in [-0.25, -0.2) is 0 Å². The maximum Gasteiger partial charge on any atom is 0.269 e. The van der Waals surface area contributed by atoms with E-state index in [4.69, 9.17) is 4.74 Å². The summed E-state index contributed by atoms with van der Waals surface area (Å²) in [5, 5.41) is 14.0. The maximum absolute atomic E-state index is 10.5. The number of nitro groups is 1. The van der Waals surface area contributed by atoms with E-state index in [1.165, 1.54) is 31.4 Å². The molecule has 0 bridgehead atoms. The number of rotatable bonds is 10. The molecule has 0 heterocycles. The summed E-state index contributed by atoms with van der Waals surface area (Å²) >= 11 is 0. The van der Waals surface area contributed by atoms with Gasteiger partial charge in [-0.05, 0) is 31.4 Å². The predicted molar refractivity (Wildman–Crippen MR) is 84.7 cm³/mol. The van der Waals surface area contributed by atoms with Crippen molar-refractivity contribution in [3.63, 3.8) is 0 Å². The molecule has 0 aliphatic rings. The van der Waals surface area contributed by atoms with Crippen LogP contribution >= 0.6 is 0 Å². The molecule has 5 nitrogen and oxygen atoms in total. The summed E-state index contributed by atoms with van der Waals surface area (Å²) in [6.07, 6.45) is 3.69. The number of nitro benzene ring substituents is 1. The summed E-state index contributed by atoms with van der Waals surface area (Å²) in [5.41, 5.74) is 0.0826. The highest BCUT2D eigenvalue weighted by Gasteiger charge is 2.05. The Hall–Kier alpha value is -1.62. The monoisotopic (exact) mass is 294 g/mol. The highest BCUT2D eigenvalue weighted by Crippen LogP contribution is 2.17. The molecule has 0 aliphatic heterocycles. The molecule has 0 amide bonds. The van der Waals surface area contributed by atoms with E-state index >= 15 is 0 Å². The molecule has 1 atom stereocenters. The van der Waals surface area contributed by atoms with Gasteiger partial charge in [0.2, 0.25) is 0 Å². The third kappa shape index (κ3) is 7.66. The Morgan fingerprint density at radius 3 is 2.43 bits per heavy atom. The van der Waals surface area contributed by atoms with Gasteiger partial charge in [-0.2, -0.15) is 0 Å². The second kappa shape index (κ2) is 9.34. The summed E-state index contributed by atoms with van der Waals surface area (Å²) in [5.74, 6) is 1.43. The van der Waals surface area contributed by atoms with Gasteiger partial charge in [-0.15, -0.1) is 0 Å². The number of benzene rings is 1. The molecule has 1 N–H and O–H groups in total. The van der Waals surface area contributed by atoms with Gasteiger partial charge >= 0.3 is 0 Å². The van der Waals surface area contributed by atoms with Crippen LogP contribution in [0, 0.1) is 16.0 Å². The standard InChI is InChI=1S/C16H26N2O3/c1-13(2)5-4-6-14(3)17-11-12-21-16-9-7-15(8-10-16)18(19)20/h7-10,13-14,17H,4-6,11-12H2,1-3H3. The minimum Gasteiger partial charge on any atom is -0.492 e. The summed E-state index contributed by atoms with van der Waals surface area (Å²) < 4.78 is 5.55. The molecule has 118 valence electrons. The molecule has 21 heavy (non-hydrogen) atoms. The molecule has 1 rings (SSSR count). The van der Waals surface area contributed by atoms with E-state index in [0.717, 1.165) is 12.5 Å². The first-order valence-electron chi connectivity index (χ1n) is 7.59. The Bertz CT molecular complexity index is 418. The first kappa shape index (κ1) is 17.4. The van der Waals surface area contributed by atoms with Gasteiger partial charge in [0.1, 0.15) is 12.4 Å². The van der Waals surface area contributed by atoms with Crippen LogP contribution in [0.3, 0.4) is 0 Å². The van der Waals surface area contributed by atoms with E-state index in [9.17, 15) is 10.1 Å². The number of hydrogen-bond donors (Lipinski definition) is 1. The molecule has 0 spiro atoms. The summed E-state index contributed by atoms with van der Waals surface area (Å²) in [7, 11) is 0. The molecule has 0 saturated heterocycles. The zero-order chi connectivity index (χ0) is 15.7. The Morgan fingerprint density at radius 2 is 1.86 bits per heavy atom. The number of hydrogen-bond acceptors (Lipinski definition) is 4. The largest absolute Gasteiger partial charge is 0.492 e. The van der Waals surface area contributed by atoms with Crippen molar-refractivity contribution in [1.29, 1.82) is 0 Å². The Kier molecular flexibility index (Phi) is 7.75. The van der Waals surface area contributed by atoms with Gasteiger partial charge < -0.3 is 10.1 Å². The van der Waals surface area contributed by atoms with Crippen LogP contribution in [-0.4, -0.2) is 24.1 Å². The lowest BCUT2D eigenvalue weighted by molar-refractivity contribution is -0.384. The molecular weight excluding hydrogens is 268 g/mol. The van der Waals surface area contributed by atoms with E-state index in [0.29, 0.717) is 18.4 Å². The van der Waals surface area contributed by atoms with Crippen molar-refractivity contribution in [2.24, 2.45) is 5.92 Å². The first-order chi connectivity index (χ1) is 9.99. The molecule has 0 fully saturated rings. The first-order valence-corrected chi connectivity index (χ1v) is 7.59. The summed E-state index contributed by atoms with van der Waals surface area (Å²) in [4.78, 5) is 10.1. The lowest BCUT2D eigenvalue weighted by Gasteiger charge is -2.14. The van der Waals surface area contributed by atoms with Gasteiger partial charge in [0.15, 0.2) is 0 Å². The molecule has 0 radical (unpaired) electrons. The topological polar surface area (TPSA) is 64.4 Å². The van der Waals surface area contributed by atoms with Crippen LogP contribution < -0.4 is 10.1 Å². The highest BCUT2D eigenvalue weighted by atomic mass is 16.6. The normalized spacial score (nSPS) is 12.4. The van der Waals surface area contributed by atoms with Crippen molar-refractivity contribution >= 4 is 5.69 Å². The van der Waals surface area contributed by atoms with Gasteiger partial charge in [0.05, 0.1) is 4.92 Å². The highest BCUT2D eigenvalue weighted by molar-refractivity contribution is 5.35. The number of ether oxygens (including phenoxy) is 1. The van der Waals surface area contributed by atoms with Crippen molar-refractivity contribution in [3.05, 3.63) is 34.4 Å². The van der Waals surface area contributed by atoms with Crippen LogP contribution in [0.4, 0.5) is 5.69 Å². The van der Waals surface area contributed by atoms with E-state index in [1.54, 1.807) is 12.1 Å². The number of non-ortho nitro benzene ring substituents is 1. The van der Waals surface area contributed by atoms with Crippen molar-refractivity contribution < 1.29 is 9.66 Å². The fraction of sp³-hybridized carbons (Fsp3) is 0.625. The van der Waals surface area contributed by atoms with E-state index < -0.39 is 4.92 Å². The lowest BCUT2D eigenvalue weighted by Crippen LogP contribution is -2.30. The average Bonchev–Trinajstić information content (AvgIpc) is 2.43. The van der Waals surface area contributed by atoms with Crippen molar-refractivity contribution in [3.8, 4) is 5.75 Å². The number of nitrogens with zero attached hydrogens (tertiary/aromatic N) is 1. The van der Waals surface area contributed by atoms with Crippen molar-refractivity contribution in [1.82, 2.24) is 5.32 Å². The Morgan fingerprint density at radius 1 is 1.19 bits per heavy atom. The Balaban J connectivity index is 2.14. The summed E-state index contributed by atoms with van der Waals surface area (Å²) in [6.45, 7) is 8.02. The van der Waals surface area contributed by atoms with E-state index in [1.807, 2.05) is 0 Å². The minimum absolute atomic E-state index is 0.0826. The third-order valence-electron chi connectivity index (χ3n) is 3.33. The van der Waals surface area contributed by atoms with Gasteiger partial charge in [-0.1, -0.05) is 26.7 Å². The number of nitrogens with one attached hydrogen (secondary N) is 1. The second-order valence-electron chi connectivity index (χ2n) is 5.78. The molecule has 1 aromatic rings. The molecule has 1 aromatic carbocycles. The predicted octanol–water partition coefficient (Wildman–Crippen LogP) is 3.78. The smallest absolute Gasteiger partial charge is 0.269 e. The zero-order valence-corrected chi connectivity index (χ0v) is 13.2. The lowest BCUT2D eigenvalue weighted by atomic mass is 10.0. The van der Waals surface area contributed by atoms with E-state index in [-0.39, 0.29) is 5.69 Å². The van der Waals surface area contributed by atoms with Crippen molar-refractivity contribution in [2.45, 2.75) is 46.1 Å². The van der Waals surface area contributed by atoms with Crippen LogP contribution in [0.15, 0.2) is 24.3 Å². The van der Waals surface area contributed by atoms with Crippen LogP contribution in [0.2, 0.25) is 0 Å². The quantitative estimate of drug-likeness (QED) is 0.405. The second-order valence-corrected chi connectivity index (χ2v) is 5.78. The fourth-order valence-corrected chi connectivity index (χ4v) is 2.07. The van der Waals surface area contributed by atoms with Crippen LogP contribution in [0.25, 0.3) is 0 Å². The fourth-order valence-electron chi connectivity index (χ4n) is 2.07. The van der Waals surface area contributed by atoms with Crippen LogP contribution in [-0.2, 0) is 0 Å². The average molecular weight is 294 g/mol. The van der Waals surface area contributed by atoms with Crippen molar-refractivity contribution in [2.75, 3.05) is 13.2 Å². The maximum atomic E-state index is 10.5. The molecule has 0 aromatic heterocycles. The SMILES string of the molecule is CC(C)CCCC(C)NCCOc1ccc([N+](=O)[O-])cc1. The zero-order valence-electron chi connectivity index (χ0n) is 13.2. The molecule has 0 saturated carbocycles. The molecule has 5 heteroatoms. The minimum atomic E-state index is -0.413. The van der Waals surface area contributed by atoms with Gasteiger partial charge in [-0.3, -0.25) is 10.1 Å². The van der Waals surface area contributed by atoms with Gasteiger partial charge in [0, 0.05) is 24.7 Å². The van der Waals surface area contributed by atoms with Crippen LogP contribution in [0.1, 0.15) is 40.0 Å². The van der Waals surface area contributed by atoms with Crippen LogP contribution in [0.5, 0.6) is 5.75 Å². The molecule has 1 unspecified atom stereocenters. The van der Waals surface area contributed by atoms with Gasteiger partial charge in [0.25, 0.3) is 5.69 Å². The third-order valence-corrected chi connectivity index (χ3v) is 3.33. The van der Waals surface area contributed by atoms with E-state index in [2.05, 4.69) is 26.1 Å². The Labute approximate surface area is 126 Å². The summed E-state index contributed by atoms with van der Waals surface area (Å²) in [6, 6.07) is 6.66.